The van der Waals surface area contributed by atoms with E-state index < -0.39 is 0 Å². The summed E-state index contributed by atoms with van der Waals surface area (Å²) in [7, 11) is 0. The van der Waals surface area contributed by atoms with Crippen LogP contribution < -0.4 is 14.2 Å². The van der Waals surface area contributed by atoms with Gasteiger partial charge in [0.05, 0.1) is 0 Å². The van der Waals surface area contributed by atoms with Gasteiger partial charge in [-0.05, 0) is 94.4 Å². The Morgan fingerprint density at radius 3 is 1.05 bits per heavy atom. The number of ether oxygens (including phenoxy) is 3. The largest absolute Gasteiger partial charge is 0.427 e. The highest BCUT2D eigenvalue weighted by Gasteiger charge is 2.14. The maximum atomic E-state index is 11.3. The summed E-state index contributed by atoms with van der Waals surface area (Å²) >= 11 is 0. The van der Waals surface area contributed by atoms with Gasteiger partial charge in [0.2, 0.25) is 0 Å². The van der Waals surface area contributed by atoms with E-state index in [-0.39, 0.29) is 17.9 Å². The summed E-state index contributed by atoms with van der Waals surface area (Å²) in [6.07, 6.45) is 0. The topological polar surface area (TPSA) is 78.9 Å². The van der Waals surface area contributed by atoms with Gasteiger partial charge in [0.1, 0.15) is 17.2 Å². The molecule has 4 rings (SSSR count). The van der Waals surface area contributed by atoms with Crippen molar-refractivity contribution in [2.75, 3.05) is 0 Å². The normalized spacial score (nSPS) is 10.5. The average Bonchev–Trinajstić information content (AvgIpc) is 2.85. The lowest BCUT2D eigenvalue weighted by atomic mass is 9.88. The zero-order chi connectivity index (χ0) is 26.5. The van der Waals surface area contributed by atoms with Crippen LogP contribution in [0.3, 0.4) is 0 Å². The number of hydrogen-bond donors (Lipinski definition) is 0. The van der Waals surface area contributed by atoms with Crippen molar-refractivity contribution in [2.45, 2.75) is 27.7 Å². The van der Waals surface area contributed by atoms with Crippen molar-refractivity contribution in [3.8, 4) is 50.6 Å². The molecule has 4 aromatic rings. The second-order valence-electron chi connectivity index (χ2n) is 8.55. The number of carbonyl (C=O) groups is 3. The van der Waals surface area contributed by atoms with Crippen molar-refractivity contribution < 1.29 is 28.6 Å². The minimum absolute atomic E-state index is 0.373. The van der Waals surface area contributed by atoms with Gasteiger partial charge in [-0.25, -0.2) is 0 Å². The van der Waals surface area contributed by atoms with Gasteiger partial charge in [-0.2, -0.15) is 0 Å². The third-order valence-corrected chi connectivity index (χ3v) is 5.71. The molecule has 4 aromatic carbocycles. The molecule has 0 aliphatic rings. The van der Waals surface area contributed by atoms with E-state index in [1.54, 1.807) is 36.4 Å². The molecule has 6 heteroatoms. The van der Waals surface area contributed by atoms with Crippen LogP contribution in [0.15, 0.2) is 84.9 Å². The van der Waals surface area contributed by atoms with Crippen LogP contribution in [0.1, 0.15) is 26.3 Å². The molecule has 0 heterocycles. The summed E-state index contributed by atoms with van der Waals surface area (Å²) in [5, 5.41) is 0. The van der Waals surface area contributed by atoms with Crippen LogP contribution in [-0.2, 0) is 14.4 Å². The summed E-state index contributed by atoms with van der Waals surface area (Å²) < 4.78 is 15.6. The standard InChI is InChI=1S/C31H26O6/c1-19-30(24-7-13-28(14-8-24)36-21(3)33)17-26(23-5-11-27(12-6-23)35-20(2)32)18-31(19)25-9-15-29(16-10-25)37-22(4)34/h5-18H,1-4H3. The van der Waals surface area contributed by atoms with Crippen LogP contribution in [0.4, 0.5) is 0 Å². The maximum Gasteiger partial charge on any atom is 0.308 e. The SMILES string of the molecule is CC(=O)Oc1ccc(-c2cc(-c3ccc(OC(C)=O)cc3)c(C)c(-c3ccc(OC(C)=O)cc3)c2)cc1. The molecule has 0 aliphatic carbocycles. The summed E-state index contributed by atoms with van der Waals surface area (Å²) in [5.41, 5.74) is 6.92. The fraction of sp³-hybridized carbons (Fsp3) is 0.129. The summed E-state index contributed by atoms with van der Waals surface area (Å²) in [5.74, 6) is 0.318. The van der Waals surface area contributed by atoms with Gasteiger partial charge in [-0.3, -0.25) is 14.4 Å². The maximum absolute atomic E-state index is 11.3. The van der Waals surface area contributed by atoms with E-state index in [1.807, 2.05) is 36.4 Å². The van der Waals surface area contributed by atoms with Crippen molar-refractivity contribution >= 4 is 17.9 Å². The molecular weight excluding hydrogens is 468 g/mol. The molecule has 186 valence electrons. The summed E-state index contributed by atoms with van der Waals surface area (Å²) in [6.45, 7) is 6.16. The Labute approximate surface area is 215 Å². The molecule has 0 atom stereocenters. The van der Waals surface area contributed by atoms with Crippen LogP contribution in [-0.4, -0.2) is 17.9 Å². The summed E-state index contributed by atoms with van der Waals surface area (Å²) in [4.78, 5) is 33.9. The molecule has 0 saturated carbocycles. The van der Waals surface area contributed by atoms with Crippen LogP contribution in [0.5, 0.6) is 17.2 Å². The van der Waals surface area contributed by atoms with E-state index in [0.29, 0.717) is 17.2 Å². The van der Waals surface area contributed by atoms with E-state index >= 15 is 0 Å². The van der Waals surface area contributed by atoms with Gasteiger partial charge in [0, 0.05) is 20.8 Å². The van der Waals surface area contributed by atoms with Crippen molar-refractivity contribution in [3.63, 3.8) is 0 Å². The highest BCUT2D eigenvalue weighted by atomic mass is 16.5. The van der Waals surface area contributed by atoms with Crippen LogP contribution >= 0.6 is 0 Å². The Kier molecular flexibility index (Phi) is 7.49. The second kappa shape index (κ2) is 10.9. The van der Waals surface area contributed by atoms with Gasteiger partial charge in [0.15, 0.2) is 0 Å². The molecule has 0 fully saturated rings. The van der Waals surface area contributed by atoms with Gasteiger partial charge in [-0.15, -0.1) is 0 Å². The predicted molar refractivity (Wildman–Crippen MR) is 141 cm³/mol. The molecule has 0 amide bonds. The number of rotatable bonds is 6. The predicted octanol–water partition coefficient (Wildman–Crippen LogP) is 6.77. The van der Waals surface area contributed by atoms with Crippen LogP contribution in [0.25, 0.3) is 33.4 Å². The fourth-order valence-corrected chi connectivity index (χ4v) is 4.10. The highest BCUT2D eigenvalue weighted by Crippen LogP contribution is 2.38. The number of carbonyl (C=O) groups excluding carboxylic acids is 3. The van der Waals surface area contributed by atoms with E-state index in [1.165, 1.54) is 20.8 Å². The Balaban J connectivity index is 1.81. The Morgan fingerprint density at radius 2 is 0.757 bits per heavy atom. The molecule has 0 saturated heterocycles. The smallest absolute Gasteiger partial charge is 0.308 e. The lowest BCUT2D eigenvalue weighted by Gasteiger charge is -2.16. The van der Waals surface area contributed by atoms with E-state index in [9.17, 15) is 14.4 Å². The lowest BCUT2D eigenvalue weighted by Crippen LogP contribution is -2.01. The van der Waals surface area contributed by atoms with Gasteiger partial charge >= 0.3 is 17.9 Å². The monoisotopic (exact) mass is 494 g/mol. The van der Waals surface area contributed by atoms with Crippen LogP contribution in [0.2, 0.25) is 0 Å². The summed E-state index contributed by atoms with van der Waals surface area (Å²) in [6, 6.07) is 26.3. The Bertz CT molecular complexity index is 1370. The average molecular weight is 495 g/mol. The molecule has 6 nitrogen and oxygen atoms in total. The molecule has 0 spiro atoms. The second-order valence-corrected chi connectivity index (χ2v) is 8.55. The molecule has 37 heavy (non-hydrogen) atoms. The quantitative estimate of drug-likeness (QED) is 0.217. The van der Waals surface area contributed by atoms with E-state index in [0.717, 1.165) is 38.9 Å². The molecule has 0 aromatic heterocycles. The molecule has 0 unspecified atom stereocenters. The Hall–Kier alpha value is -4.71. The minimum Gasteiger partial charge on any atom is -0.427 e. The van der Waals surface area contributed by atoms with Crippen molar-refractivity contribution in [1.82, 2.24) is 0 Å². The van der Waals surface area contributed by atoms with Crippen molar-refractivity contribution in [3.05, 3.63) is 90.5 Å². The van der Waals surface area contributed by atoms with Gasteiger partial charge < -0.3 is 14.2 Å². The zero-order valence-electron chi connectivity index (χ0n) is 21.0. The Morgan fingerprint density at radius 1 is 0.459 bits per heavy atom. The van der Waals surface area contributed by atoms with E-state index in [2.05, 4.69) is 19.1 Å². The first-order chi connectivity index (χ1) is 17.7. The lowest BCUT2D eigenvalue weighted by molar-refractivity contribution is -0.132. The fourth-order valence-electron chi connectivity index (χ4n) is 4.10. The van der Waals surface area contributed by atoms with Crippen molar-refractivity contribution in [2.24, 2.45) is 0 Å². The minimum atomic E-state index is -0.373. The molecule has 0 aliphatic heterocycles. The third kappa shape index (κ3) is 6.30. The van der Waals surface area contributed by atoms with Crippen molar-refractivity contribution in [1.29, 1.82) is 0 Å². The number of esters is 3. The highest BCUT2D eigenvalue weighted by molar-refractivity contribution is 5.85. The molecule has 0 bridgehead atoms. The van der Waals surface area contributed by atoms with Gasteiger partial charge in [0.25, 0.3) is 0 Å². The van der Waals surface area contributed by atoms with E-state index in [4.69, 9.17) is 14.2 Å². The molecule has 0 radical (unpaired) electrons. The van der Waals surface area contributed by atoms with Crippen LogP contribution in [0, 0.1) is 6.92 Å². The van der Waals surface area contributed by atoms with Gasteiger partial charge in [-0.1, -0.05) is 36.4 Å². The number of benzene rings is 4. The zero-order valence-corrected chi connectivity index (χ0v) is 21.0. The first-order valence-corrected chi connectivity index (χ1v) is 11.7. The third-order valence-electron chi connectivity index (χ3n) is 5.71. The molecular formula is C31H26O6. The first-order valence-electron chi connectivity index (χ1n) is 11.7. The first kappa shape index (κ1) is 25.4. The molecule has 0 N–H and O–H groups in total. The number of hydrogen-bond acceptors (Lipinski definition) is 6.